The maximum absolute atomic E-state index is 13.1. The third kappa shape index (κ3) is 6.36. The summed E-state index contributed by atoms with van der Waals surface area (Å²) in [4.78, 5) is 31.7. The van der Waals surface area contributed by atoms with E-state index < -0.39 is 0 Å². The van der Waals surface area contributed by atoms with Gasteiger partial charge in [0.2, 0.25) is 5.91 Å². The average molecular weight is 498 g/mol. The first-order valence-electron chi connectivity index (χ1n) is 11.4. The number of hydrogen-bond acceptors (Lipinski definition) is 6. The fourth-order valence-electron chi connectivity index (χ4n) is 4.09. The molecule has 7 nitrogen and oxygen atoms in total. The number of rotatable bonds is 8. The van der Waals surface area contributed by atoms with Crippen molar-refractivity contribution in [2.45, 2.75) is 31.7 Å². The van der Waals surface area contributed by atoms with Crippen LogP contribution in [0.15, 0.2) is 47.8 Å². The van der Waals surface area contributed by atoms with Crippen LogP contribution in [0.1, 0.15) is 45.4 Å². The van der Waals surface area contributed by atoms with Crippen molar-refractivity contribution in [2.24, 2.45) is 0 Å². The topological polar surface area (TPSA) is 80.8 Å². The lowest BCUT2D eigenvalue weighted by atomic mass is 9.97. The van der Waals surface area contributed by atoms with Gasteiger partial charge < -0.3 is 19.7 Å². The molecule has 0 aliphatic carbocycles. The number of carbonyl (C=O) groups is 2. The van der Waals surface area contributed by atoms with Crippen LogP contribution in [0.25, 0.3) is 0 Å². The number of amides is 2. The van der Waals surface area contributed by atoms with Gasteiger partial charge in [0, 0.05) is 37.0 Å². The quantitative estimate of drug-likeness (QED) is 0.505. The molecule has 1 fully saturated rings. The minimum absolute atomic E-state index is 0.0448. The summed E-state index contributed by atoms with van der Waals surface area (Å²) in [6.45, 7) is 1.61. The highest BCUT2D eigenvalue weighted by molar-refractivity contribution is 7.09. The summed E-state index contributed by atoms with van der Waals surface area (Å²) in [5.41, 5.74) is 2.07. The lowest BCUT2D eigenvalue weighted by Crippen LogP contribution is -2.38. The number of nitrogens with zero attached hydrogens (tertiary/aromatic N) is 2. The molecule has 3 aromatic rings. The number of hydrogen-bond donors (Lipinski definition) is 1. The first-order valence-corrected chi connectivity index (χ1v) is 12.3. The van der Waals surface area contributed by atoms with Crippen LogP contribution in [-0.2, 0) is 17.8 Å². The number of piperidine rings is 1. The number of nitrogens with one attached hydrogen (secondary N) is 1. The van der Waals surface area contributed by atoms with Gasteiger partial charge in [0.25, 0.3) is 5.91 Å². The van der Waals surface area contributed by atoms with Crippen molar-refractivity contribution in [2.75, 3.05) is 27.3 Å². The molecule has 1 aliphatic rings. The van der Waals surface area contributed by atoms with Gasteiger partial charge in [-0.2, -0.15) is 0 Å². The predicted molar refractivity (Wildman–Crippen MR) is 131 cm³/mol. The van der Waals surface area contributed by atoms with E-state index in [1.54, 1.807) is 37.8 Å². The molecule has 0 unspecified atom stereocenters. The molecule has 2 amide bonds. The van der Waals surface area contributed by atoms with Crippen molar-refractivity contribution in [1.82, 2.24) is 15.2 Å². The summed E-state index contributed by atoms with van der Waals surface area (Å²) >= 11 is 1.48. The molecule has 2 aromatic carbocycles. The van der Waals surface area contributed by atoms with Gasteiger partial charge in [-0.05, 0) is 48.2 Å². The second-order valence-corrected chi connectivity index (χ2v) is 9.32. The zero-order valence-corrected chi connectivity index (χ0v) is 20.6. The van der Waals surface area contributed by atoms with Crippen molar-refractivity contribution >= 4 is 23.2 Å². The molecule has 0 atom stereocenters. The number of halogens is 1. The van der Waals surface area contributed by atoms with Crippen molar-refractivity contribution in [3.8, 4) is 11.5 Å². The van der Waals surface area contributed by atoms with Crippen LogP contribution in [0, 0.1) is 5.82 Å². The molecular formula is C26H28FN3O4S. The first kappa shape index (κ1) is 24.7. The molecule has 0 radical (unpaired) electrons. The number of benzene rings is 2. The van der Waals surface area contributed by atoms with E-state index in [-0.39, 0.29) is 30.0 Å². The Morgan fingerprint density at radius 2 is 1.71 bits per heavy atom. The second kappa shape index (κ2) is 11.3. The van der Waals surface area contributed by atoms with Gasteiger partial charge in [0.05, 0.1) is 25.6 Å². The molecule has 35 heavy (non-hydrogen) atoms. The maximum atomic E-state index is 13.1. The largest absolute Gasteiger partial charge is 0.497 e. The van der Waals surface area contributed by atoms with E-state index in [0.717, 1.165) is 29.0 Å². The van der Waals surface area contributed by atoms with E-state index in [4.69, 9.17) is 9.47 Å². The lowest BCUT2D eigenvalue weighted by molar-refractivity contribution is -0.131. The minimum Gasteiger partial charge on any atom is -0.497 e. The lowest BCUT2D eigenvalue weighted by Gasteiger charge is -2.31. The molecule has 4 rings (SSSR count). The van der Waals surface area contributed by atoms with Crippen molar-refractivity contribution in [1.29, 1.82) is 0 Å². The van der Waals surface area contributed by atoms with Crippen molar-refractivity contribution in [3.63, 3.8) is 0 Å². The Hall–Kier alpha value is -3.46. The van der Waals surface area contributed by atoms with E-state index >= 15 is 0 Å². The van der Waals surface area contributed by atoms with Crippen LogP contribution < -0.4 is 14.8 Å². The number of aromatic nitrogens is 1. The van der Waals surface area contributed by atoms with Crippen LogP contribution in [-0.4, -0.2) is 49.0 Å². The maximum Gasteiger partial charge on any atom is 0.271 e. The molecule has 184 valence electrons. The molecular weight excluding hydrogens is 469 g/mol. The second-order valence-electron chi connectivity index (χ2n) is 8.43. The summed E-state index contributed by atoms with van der Waals surface area (Å²) in [5, 5.41) is 5.60. The third-order valence-electron chi connectivity index (χ3n) is 6.08. The Morgan fingerprint density at radius 3 is 2.34 bits per heavy atom. The van der Waals surface area contributed by atoms with Crippen LogP contribution in [0.3, 0.4) is 0 Å². The smallest absolute Gasteiger partial charge is 0.271 e. The summed E-state index contributed by atoms with van der Waals surface area (Å²) in [6, 6.07) is 11.5. The molecule has 0 saturated carbocycles. The molecule has 2 heterocycles. The standard InChI is InChI=1S/C26H28FN3O4S/c1-33-21-11-18(12-22(14-21)34-2)15-28-25(32)23-16-35-26(29-23)19-7-9-30(10-8-19)24(31)13-17-3-5-20(27)6-4-17/h3-6,11-12,14,16,19H,7-10,13,15H2,1-2H3,(H,28,32). The Balaban J connectivity index is 1.28. The number of carbonyl (C=O) groups excluding carboxylic acids is 2. The van der Waals surface area contributed by atoms with Crippen LogP contribution in [0.4, 0.5) is 4.39 Å². The summed E-state index contributed by atoms with van der Waals surface area (Å²) in [5.74, 6) is 1.04. The highest BCUT2D eigenvalue weighted by Gasteiger charge is 2.26. The monoisotopic (exact) mass is 497 g/mol. The van der Waals surface area contributed by atoms with Gasteiger partial charge in [0.15, 0.2) is 0 Å². The third-order valence-corrected chi connectivity index (χ3v) is 7.09. The van der Waals surface area contributed by atoms with Gasteiger partial charge in [-0.1, -0.05) is 12.1 Å². The van der Waals surface area contributed by atoms with Crippen LogP contribution >= 0.6 is 11.3 Å². The minimum atomic E-state index is -0.306. The van der Waals surface area contributed by atoms with Crippen molar-refractivity contribution in [3.05, 3.63) is 75.5 Å². The van der Waals surface area contributed by atoms with Gasteiger partial charge in [-0.3, -0.25) is 9.59 Å². The Labute approximate surface area is 207 Å². The molecule has 9 heteroatoms. The number of ether oxygens (including phenoxy) is 2. The summed E-state index contributed by atoms with van der Waals surface area (Å²) in [6.07, 6.45) is 1.87. The number of likely N-dealkylation sites (tertiary alicyclic amines) is 1. The molecule has 1 aliphatic heterocycles. The average Bonchev–Trinajstić information content (AvgIpc) is 3.39. The van der Waals surface area contributed by atoms with Gasteiger partial charge in [0.1, 0.15) is 23.0 Å². The fraction of sp³-hybridized carbons (Fsp3) is 0.346. The summed E-state index contributed by atoms with van der Waals surface area (Å²) in [7, 11) is 3.17. The predicted octanol–water partition coefficient (Wildman–Crippen LogP) is 4.18. The van der Waals surface area contributed by atoms with E-state index in [2.05, 4.69) is 10.3 Å². The van der Waals surface area contributed by atoms with E-state index in [9.17, 15) is 14.0 Å². The molecule has 1 N–H and O–H groups in total. The molecule has 0 spiro atoms. The van der Waals surface area contributed by atoms with Crippen LogP contribution in [0.5, 0.6) is 11.5 Å². The fourth-order valence-corrected chi connectivity index (χ4v) is 5.06. The normalized spacial score (nSPS) is 14.0. The van der Waals surface area contributed by atoms with E-state index in [0.29, 0.717) is 36.8 Å². The Kier molecular flexibility index (Phi) is 7.97. The number of methoxy groups -OCH3 is 2. The van der Waals surface area contributed by atoms with Gasteiger partial charge in [-0.25, -0.2) is 9.37 Å². The Morgan fingerprint density at radius 1 is 1.06 bits per heavy atom. The van der Waals surface area contributed by atoms with E-state index in [1.165, 1.54) is 23.5 Å². The molecule has 0 bridgehead atoms. The van der Waals surface area contributed by atoms with Gasteiger partial charge in [-0.15, -0.1) is 11.3 Å². The SMILES string of the molecule is COc1cc(CNC(=O)c2csc(C3CCN(C(=O)Cc4ccc(F)cc4)CC3)n2)cc(OC)c1. The molecule has 1 aromatic heterocycles. The van der Waals surface area contributed by atoms with Gasteiger partial charge >= 0.3 is 0 Å². The number of thiazole rings is 1. The summed E-state index contributed by atoms with van der Waals surface area (Å²) < 4.78 is 23.6. The highest BCUT2D eigenvalue weighted by atomic mass is 32.1. The first-order chi connectivity index (χ1) is 16.9. The Bertz CT molecular complexity index is 1150. The van der Waals surface area contributed by atoms with Crippen LogP contribution in [0.2, 0.25) is 0 Å². The van der Waals surface area contributed by atoms with Crippen molar-refractivity contribution < 1.29 is 23.5 Å². The highest BCUT2D eigenvalue weighted by Crippen LogP contribution is 2.30. The zero-order chi connectivity index (χ0) is 24.8. The zero-order valence-electron chi connectivity index (χ0n) is 19.8. The van der Waals surface area contributed by atoms with E-state index in [1.807, 2.05) is 17.0 Å². The molecule has 1 saturated heterocycles.